The molecular weight excluding hydrogens is 943 g/mol. The smallest absolute Gasteiger partial charge is 0.245 e. The van der Waals surface area contributed by atoms with E-state index in [2.05, 4.69) is 54.4 Å². The number of hydrogen-bond acceptors (Lipinski definition) is 18. The van der Waals surface area contributed by atoms with Gasteiger partial charge in [0.1, 0.15) is 42.3 Å². The van der Waals surface area contributed by atoms with Gasteiger partial charge in [-0.05, 0) is 97.0 Å². The van der Waals surface area contributed by atoms with Gasteiger partial charge in [-0.1, -0.05) is 13.0 Å². The maximum Gasteiger partial charge on any atom is 0.245 e. The Bertz CT molecular complexity index is 1860. The molecule has 0 bridgehead atoms. The Morgan fingerprint density at radius 1 is 0.722 bits per heavy atom. The molecule has 0 aromatic rings. The highest BCUT2D eigenvalue weighted by molar-refractivity contribution is 5.98. The van der Waals surface area contributed by atoms with Crippen LogP contribution in [0.15, 0.2) is 24.7 Å². The Morgan fingerprint density at radius 3 is 1.92 bits per heavy atom. The van der Waals surface area contributed by atoms with Crippen molar-refractivity contribution in [1.29, 1.82) is 5.41 Å². The van der Waals surface area contributed by atoms with Gasteiger partial charge >= 0.3 is 0 Å². The Balaban J connectivity index is 3.19. The second-order valence-electron chi connectivity index (χ2n) is 17.1. The van der Waals surface area contributed by atoms with Crippen molar-refractivity contribution >= 4 is 59.1 Å². The van der Waals surface area contributed by atoms with Crippen LogP contribution in [0.4, 0.5) is 0 Å². The minimum atomic E-state index is -1.56. The topological polar surface area (TPSA) is 517 Å². The third kappa shape index (κ3) is 23.1. The van der Waals surface area contributed by atoms with Crippen molar-refractivity contribution in [3.05, 3.63) is 24.7 Å². The summed E-state index contributed by atoms with van der Waals surface area (Å²) < 4.78 is 0. The molecule has 72 heavy (non-hydrogen) atoms. The molecule has 1 aliphatic heterocycles. The quantitative estimate of drug-likeness (QED) is 0.0157. The van der Waals surface area contributed by atoms with E-state index in [-0.39, 0.29) is 89.2 Å². The van der Waals surface area contributed by atoms with E-state index in [0.29, 0.717) is 32.2 Å². The van der Waals surface area contributed by atoms with Crippen molar-refractivity contribution in [2.24, 2.45) is 45.9 Å². The van der Waals surface area contributed by atoms with Gasteiger partial charge in [0, 0.05) is 38.0 Å². The fraction of sp³-hybridized carbons (Fsp3) is 0.674. The Labute approximate surface area is 419 Å². The summed E-state index contributed by atoms with van der Waals surface area (Å²) >= 11 is 0. The van der Waals surface area contributed by atoms with Gasteiger partial charge in [0.2, 0.25) is 53.2 Å². The number of rotatable bonds is 36. The highest BCUT2D eigenvalue weighted by atomic mass is 16.3. The zero-order chi connectivity index (χ0) is 54.3. The first-order valence-electron chi connectivity index (χ1n) is 24.0. The molecule has 27 N–H and O–H groups in total. The van der Waals surface area contributed by atoms with Crippen LogP contribution in [0.3, 0.4) is 0 Å². The molecule has 0 saturated carbocycles. The average Bonchev–Trinajstić information content (AvgIpc) is 3.85. The van der Waals surface area contributed by atoms with Crippen LogP contribution in [0.2, 0.25) is 0 Å². The number of nitrogens with two attached hydrogens (primary N) is 8. The Hall–Kier alpha value is -6.66. The third-order valence-electron chi connectivity index (χ3n) is 11.4. The second-order valence-corrected chi connectivity index (χ2v) is 17.1. The minimum absolute atomic E-state index is 0.0327. The number of aliphatic hydroxyl groups is 1. The van der Waals surface area contributed by atoms with Crippen LogP contribution >= 0.6 is 0 Å². The molecule has 0 aliphatic carbocycles. The van der Waals surface area contributed by atoms with E-state index in [1.807, 2.05) is 0 Å². The number of amides is 9. The molecule has 0 aromatic carbocycles. The van der Waals surface area contributed by atoms with Gasteiger partial charge in [-0.15, -0.1) is 0 Å². The fourth-order valence-corrected chi connectivity index (χ4v) is 7.34. The predicted octanol–water partition coefficient (Wildman–Crippen LogP) is -8.05. The summed E-state index contributed by atoms with van der Waals surface area (Å²) in [5.74, 6) is -7.43. The Morgan fingerprint density at radius 2 is 1.33 bits per heavy atom. The van der Waals surface area contributed by atoms with Crippen LogP contribution < -0.4 is 93.7 Å². The van der Waals surface area contributed by atoms with E-state index in [9.17, 15) is 48.3 Å². The van der Waals surface area contributed by atoms with Gasteiger partial charge in [0.05, 0.1) is 18.7 Å². The molecule has 29 nitrogen and oxygen atoms in total. The zero-order valence-electron chi connectivity index (χ0n) is 41.2. The normalized spacial score (nSPS) is 16.7. The molecule has 0 aromatic heterocycles. The van der Waals surface area contributed by atoms with Gasteiger partial charge < -0.3 is 104 Å². The van der Waals surface area contributed by atoms with Crippen molar-refractivity contribution in [3.63, 3.8) is 0 Å². The number of guanidine groups is 1. The molecule has 1 saturated heterocycles. The van der Waals surface area contributed by atoms with E-state index in [1.54, 1.807) is 0 Å². The van der Waals surface area contributed by atoms with Crippen LogP contribution in [0.25, 0.3) is 0 Å². The standard InChI is InChI=1S/C43H81N19O10/c1-3-53-25(21-47)20-30(39(69)59-28(11-6-16-45)38(68)58-27(35(50)65)13-8-18-54-43(51)52)60-40(70)31-14-9-19-62(31)42(72)29(12-7-17-46)57-33(64)23-55-36(66)24(2)56-41(71)34(32(63)22-48)61-37(67)26(49)10-4-5-15-44/h3,21,24,26-32,34,53,63H,1,4-20,22-23,44-49H2,2H3,(H2,50,65)(H,55,66)(H,56,71)(H,57,64)(H,58,68)(H,59,69)(H,60,70)(H,61,67)(H4,51,52,54)/b25-21-/t24?,26?,27-,28+,29-,30+,31+,32+,34+/m1/s1. The largest absolute Gasteiger partial charge is 0.403 e. The molecule has 1 fully saturated rings. The first-order chi connectivity index (χ1) is 34.2. The molecule has 9 atom stereocenters. The number of hydrogen-bond donors (Lipinski definition) is 19. The maximum absolute atomic E-state index is 14.1. The van der Waals surface area contributed by atoms with E-state index in [1.165, 1.54) is 18.0 Å². The van der Waals surface area contributed by atoms with Crippen molar-refractivity contribution < 1.29 is 48.3 Å². The molecule has 1 rings (SSSR count). The second kappa shape index (κ2) is 34.6. The molecule has 0 radical (unpaired) electrons. The highest BCUT2D eigenvalue weighted by Gasteiger charge is 2.40. The number of nitrogens with one attached hydrogen (secondary N) is 10. The number of nitrogens with zero attached hydrogens (tertiary/aromatic N) is 1. The molecule has 408 valence electrons. The van der Waals surface area contributed by atoms with Crippen molar-refractivity contribution in [2.45, 2.75) is 138 Å². The molecule has 9 amide bonds. The highest BCUT2D eigenvalue weighted by Crippen LogP contribution is 2.21. The lowest BCUT2D eigenvalue weighted by Crippen LogP contribution is -2.60. The summed E-state index contributed by atoms with van der Waals surface area (Å²) in [7, 11) is 0. The van der Waals surface area contributed by atoms with Gasteiger partial charge in [0.15, 0.2) is 5.96 Å². The first-order valence-corrected chi connectivity index (χ1v) is 24.0. The molecular formula is C43H81N19O10. The average molecular weight is 1020 g/mol. The minimum Gasteiger partial charge on any atom is -0.403 e. The number of primary amides is 1. The van der Waals surface area contributed by atoms with Gasteiger partial charge in [-0.25, -0.2) is 0 Å². The fourth-order valence-electron chi connectivity index (χ4n) is 7.34. The molecule has 2 unspecified atom stereocenters. The van der Waals surface area contributed by atoms with Crippen LogP contribution in [-0.4, -0.2) is 169 Å². The van der Waals surface area contributed by atoms with Crippen LogP contribution in [0.5, 0.6) is 0 Å². The van der Waals surface area contributed by atoms with Gasteiger partial charge in [-0.2, -0.15) is 0 Å². The van der Waals surface area contributed by atoms with Gasteiger partial charge in [-0.3, -0.25) is 48.6 Å². The summed E-state index contributed by atoms with van der Waals surface area (Å²) in [4.78, 5) is 121. The van der Waals surface area contributed by atoms with Crippen LogP contribution in [-0.2, 0) is 43.2 Å². The summed E-state index contributed by atoms with van der Waals surface area (Å²) in [6.45, 7) is 4.81. The number of carbonyl (C=O) groups excluding carboxylic acids is 9. The van der Waals surface area contributed by atoms with Crippen molar-refractivity contribution in [1.82, 2.24) is 52.8 Å². The summed E-state index contributed by atoms with van der Waals surface area (Å²) in [6, 6.07) is -9.99. The van der Waals surface area contributed by atoms with E-state index >= 15 is 0 Å². The lowest BCUT2D eigenvalue weighted by atomic mass is 10.0. The summed E-state index contributed by atoms with van der Waals surface area (Å²) in [6.07, 6.45) is 3.64. The monoisotopic (exact) mass is 1020 g/mol. The molecule has 29 heteroatoms. The third-order valence-corrected chi connectivity index (χ3v) is 11.4. The van der Waals surface area contributed by atoms with E-state index in [0.717, 1.165) is 6.20 Å². The van der Waals surface area contributed by atoms with Gasteiger partial charge in [0.25, 0.3) is 0 Å². The Kier molecular flexibility index (Phi) is 30.5. The van der Waals surface area contributed by atoms with Crippen molar-refractivity contribution in [3.8, 4) is 0 Å². The number of carbonyl (C=O) groups is 9. The maximum atomic E-state index is 14.1. The number of unbranched alkanes of at least 4 members (excludes halogenated alkanes) is 1. The zero-order valence-corrected chi connectivity index (χ0v) is 41.2. The predicted molar refractivity (Wildman–Crippen MR) is 266 cm³/mol. The number of likely N-dealkylation sites (tertiary alicyclic amines) is 1. The van der Waals surface area contributed by atoms with Crippen molar-refractivity contribution in [2.75, 3.05) is 45.8 Å². The molecule has 1 heterocycles. The van der Waals surface area contributed by atoms with Crippen LogP contribution in [0.1, 0.15) is 84.0 Å². The van der Waals surface area contributed by atoms with Crippen LogP contribution in [0, 0.1) is 5.41 Å². The summed E-state index contributed by atoms with van der Waals surface area (Å²) in [5, 5.41) is 40.6. The first kappa shape index (κ1) is 63.4. The summed E-state index contributed by atoms with van der Waals surface area (Å²) in [5.41, 5.74) is 45.4. The van der Waals surface area contributed by atoms with E-state index < -0.39 is 121 Å². The lowest BCUT2D eigenvalue weighted by Gasteiger charge is -2.30. The number of aliphatic hydroxyl groups excluding tert-OH is 1. The van der Waals surface area contributed by atoms with E-state index in [4.69, 9.17) is 51.3 Å². The SMILES string of the molecule is C=CN/C(=C\N)C[C@H](NC(=O)[C@@H]1CCCN1C(=O)[C@@H](CCCN)NC(=O)CNC(=O)C(C)NC(=O)[C@@H](NC(=O)C(N)CCCCN)[C@@H](O)CN)C(=O)N[C@@H](CCCN)C(=O)N[C@H](CCCNC(=N)N)C(N)=O. The molecule has 1 aliphatic rings. The lowest BCUT2D eigenvalue weighted by molar-refractivity contribution is -0.142. The molecule has 0 spiro atoms.